The Morgan fingerprint density at radius 1 is 1.08 bits per heavy atom. The fourth-order valence-corrected chi connectivity index (χ4v) is 4.10. The summed E-state index contributed by atoms with van der Waals surface area (Å²) in [6.07, 6.45) is 0.820. The number of hydrogen-bond donors (Lipinski definition) is 1. The highest BCUT2D eigenvalue weighted by atomic mass is 16.5. The molecule has 0 saturated heterocycles. The number of carbonyl (C=O) groups is 1. The summed E-state index contributed by atoms with van der Waals surface area (Å²) < 4.78 is 7.92. The molecule has 2 aromatic heterocycles. The number of aryl methyl sites for hydroxylation is 1. The van der Waals surface area contributed by atoms with Crippen LogP contribution in [0.5, 0.6) is 5.75 Å². The molecule has 4 aromatic rings. The van der Waals surface area contributed by atoms with Crippen molar-refractivity contribution in [3.05, 3.63) is 82.4 Å². The van der Waals surface area contributed by atoms with Crippen LogP contribution in [0.1, 0.15) is 24.7 Å². The van der Waals surface area contributed by atoms with Crippen LogP contribution in [-0.2, 0) is 17.9 Å². The SMILES string of the molecule is CCN(CCCNC(=O)Cn1nc(C)n2nc(-c3ccc(OC)cc3)cc2c1=O)Cc1ccccc1. The highest BCUT2D eigenvalue weighted by molar-refractivity contribution is 5.75. The molecule has 9 heteroatoms. The summed E-state index contributed by atoms with van der Waals surface area (Å²) in [4.78, 5) is 27.9. The van der Waals surface area contributed by atoms with E-state index in [4.69, 9.17) is 4.74 Å². The first-order valence-electron chi connectivity index (χ1n) is 12.1. The van der Waals surface area contributed by atoms with Crippen molar-refractivity contribution in [3.8, 4) is 17.0 Å². The zero-order chi connectivity index (χ0) is 25.5. The number of nitrogens with one attached hydrogen (secondary N) is 1. The molecule has 1 amide bonds. The molecule has 0 aliphatic carbocycles. The van der Waals surface area contributed by atoms with Crippen molar-refractivity contribution in [3.63, 3.8) is 0 Å². The molecule has 0 aliphatic rings. The molecule has 0 spiro atoms. The Balaban J connectivity index is 1.36. The van der Waals surface area contributed by atoms with Gasteiger partial charge in [-0.1, -0.05) is 37.3 Å². The maximum atomic E-state index is 13.0. The number of nitrogens with zero attached hydrogens (tertiary/aromatic N) is 5. The number of rotatable bonds is 11. The Hall–Kier alpha value is -3.98. The lowest BCUT2D eigenvalue weighted by Gasteiger charge is -2.20. The van der Waals surface area contributed by atoms with Gasteiger partial charge >= 0.3 is 0 Å². The van der Waals surface area contributed by atoms with E-state index in [9.17, 15) is 9.59 Å². The quantitative estimate of drug-likeness (QED) is 0.326. The maximum Gasteiger partial charge on any atom is 0.293 e. The summed E-state index contributed by atoms with van der Waals surface area (Å²) in [5.41, 5.74) is 2.80. The van der Waals surface area contributed by atoms with Crippen LogP contribution < -0.4 is 15.6 Å². The molecular formula is C27H32N6O3. The van der Waals surface area contributed by atoms with E-state index >= 15 is 0 Å². The number of hydrogen-bond acceptors (Lipinski definition) is 6. The monoisotopic (exact) mass is 488 g/mol. The molecule has 0 unspecified atom stereocenters. The second-order valence-corrected chi connectivity index (χ2v) is 8.62. The molecule has 0 aliphatic heterocycles. The molecule has 188 valence electrons. The molecular weight excluding hydrogens is 456 g/mol. The van der Waals surface area contributed by atoms with E-state index in [-0.39, 0.29) is 18.0 Å². The zero-order valence-electron chi connectivity index (χ0n) is 21.0. The van der Waals surface area contributed by atoms with E-state index in [1.165, 1.54) is 14.8 Å². The Morgan fingerprint density at radius 3 is 2.53 bits per heavy atom. The van der Waals surface area contributed by atoms with Crippen molar-refractivity contribution in [1.82, 2.24) is 29.6 Å². The summed E-state index contributed by atoms with van der Waals surface area (Å²) >= 11 is 0. The molecule has 0 saturated carbocycles. The van der Waals surface area contributed by atoms with Crippen molar-refractivity contribution in [2.24, 2.45) is 0 Å². The summed E-state index contributed by atoms with van der Waals surface area (Å²) in [5, 5.41) is 11.7. The van der Waals surface area contributed by atoms with Gasteiger partial charge in [-0.05, 0) is 55.8 Å². The van der Waals surface area contributed by atoms with E-state index in [1.807, 2.05) is 42.5 Å². The van der Waals surface area contributed by atoms with Crippen LogP contribution in [0.15, 0.2) is 65.5 Å². The fourth-order valence-electron chi connectivity index (χ4n) is 4.10. The van der Waals surface area contributed by atoms with Crippen molar-refractivity contribution < 1.29 is 9.53 Å². The van der Waals surface area contributed by atoms with Gasteiger partial charge in [0.05, 0.1) is 12.8 Å². The third kappa shape index (κ3) is 5.98. The molecule has 0 fully saturated rings. The Morgan fingerprint density at radius 2 is 1.83 bits per heavy atom. The van der Waals surface area contributed by atoms with Crippen LogP contribution in [-0.4, -0.2) is 56.9 Å². The number of fused-ring (bicyclic) bond motifs is 1. The molecule has 0 radical (unpaired) electrons. The van der Waals surface area contributed by atoms with Crippen molar-refractivity contribution in [2.45, 2.75) is 33.4 Å². The van der Waals surface area contributed by atoms with Crippen LogP contribution >= 0.6 is 0 Å². The second-order valence-electron chi connectivity index (χ2n) is 8.62. The molecule has 2 aromatic carbocycles. The minimum atomic E-state index is -0.358. The van der Waals surface area contributed by atoms with Crippen LogP contribution in [0.4, 0.5) is 0 Å². The van der Waals surface area contributed by atoms with Gasteiger partial charge in [-0.25, -0.2) is 9.20 Å². The van der Waals surface area contributed by atoms with E-state index in [2.05, 4.69) is 39.5 Å². The van der Waals surface area contributed by atoms with Gasteiger partial charge < -0.3 is 10.1 Å². The van der Waals surface area contributed by atoms with Gasteiger partial charge in [-0.3, -0.25) is 14.5 Å². The molecule has 4 rings (SSSR count). The number of carbonyl (C=O) groups excluding carboxylic acids is 1. The van der Waals surface area contributed by atoms with Crippen LogP contribution in [0.2, 0.25) is 0 Å². The van der Waals surface area contributed by atoms with Crippen LogP contribution in [0, 0.1) is 6.92 Å². The molecule has 9 nitrogen and oxygen atoms in total. The number of methoxy groups -OCH3 is 1. The standard InChI is InChI=1S/C27H32N6O3/c1-4-31(18-21-9-6-5-7-10-21)16-8-15-28-26(34)19-32-27(35)25-17-24(30-33(25)20(2)29-32)22-11-13-23(36-3)14-12-22/h5-7,9-14,17H,4,8,15-16,18-19H2,1-3H3,(H,28,34). The van der Waals surface area contributed by atoms with Crippen LogP contribution in [0.25, 0.3) is 16.8 Å². The first-order valence-corrected chi connectivity index (χ1v) is 12.1. The molecule has 1 N–H and O–H groups in total. The number of aromatic nitrogens is 4. The maximum absolute atomic E-state index is 13.0. The number of ether oxygens (including phenoxy) is 1. The fraction of sp³-hybridized carbons (Fsp3) is 0.333. The van der Waals surface area contributed by atoms with Gasteiger partial charge in [-0.15, -0.1) is 0 Å². The third-order valence-corrected chi connectivity index (χ3v) is 6.08. The lowest BCUT2D eigenvalue weighted by Crippen LogP contribution is -2.36. The van der Waals surface area contributed by atoms with E-state index in [0.29, 0.717) is 23.6 Å². The summed E-state index contributed by atoms with van der Waals surface area (Å²) in [5.74, 6) is 1.03. The molecule has 0 atom stereocenters. The molecule has 36 heavy (non-hydrogen) atoms. The second kappa shape index (κ2) is 11.6. The topological polar surface area (TPSA) is 93.8 Å². The summed E-state index contributed by atoms with van der Waals surface area (Å²) in [7, 11) is 1.61. The van der Waals surface area contributed by atoms with Gasteiger partial charge in [-0.2, -0.15) is 10.2 Å². The lowest BCUT2D eigenvalue weighted by molar-refractivity contribution is -0.121. The number of benzene rings is 2. The van der Waals surface area contributed by atoms with Gasteiger partial charge in [0.25, 0.3) is 5.56 Å². The Labute approximate surface area is 210 Å². The van der Waals surface area contributed by atoms with Crippen molar-refractivity contribution in [1.29, 1.82) is 0 Å². The van der Waals surface area contributed by atoms with E-state index in [0.717, 1.165) is 37.4 Å². The van der Waals surface area contributed by atoms with Gasteiger partial charge in [0.1, 0.15) is 23.6 Å². The average molecular weight is 489 g/mol. The minimum Gasteiger partial charge on any atom is -0.497 e. The predicted molar refractivity (Wildman–Crippen MR) is 139 cm³/mol. The van der Waals surface area contributed by atoms with Crippen LogP contribution in [0.3, 0.4) is 0 Å². The lowest BCUT2D eigenvalue weighted by atomic mass is 10.1. The van der Waals surface area contributed by atoms with Crippen molar-refractivity contribution >= 4 is 11.4 Å². The summed E-state index contributed by atoms with van der Waals surface area (Å²) in [6, 6.07) is 19.5. The first kappa shape index (κ1) is 25.1. The zero-order valence-corrected chi connectivity index (χ0v) is 21.0. The van der Waals surface area contributed by atoms with Gasteiger partial charge in [0.2, 0.25) is 5.91 Å². The van der Waals surface area contributed by atoms with Crippen molar-refractivity contribution in [2.75, 3.05) is 26.7 Å². The smallest absolute Gasteiger partial charge is 0.293 e. The normalized spacial score (nSPS) is 11.2. The van der Waals surface area contributed by atoms with E-state index < -0.39 is 0 Å². The van der Waals surface area contributed by atoms with Gasteiger partial charge in [0.15, 0.2) is 0 Å². The largest absolute Gasteiger partial charge is 0.497 e. The third-order valence-electron chi connectivity index (χ3n) is 6.08. The predicted octanol–water partition coefficient (Wildman–Crippen LogP) is 2.90. The number of amides is 1. The highest BCUT2D eigenvalue weighted by Crippen LogP contribution is 2.22. The molecule has 2 heterocycles. The van der Waals surface area contributed by atoms with E-state index in [1.54, 1.807) is 20.1 Å². The first-order chi connectivity index (χ1) is 17.5. The van der Waals surface area contributed by atoms with Gasteiger partial charge in [0, 0.05) is 25.2 Å². The Kier molecular flexibility index (Phi) is 8.12. The highest BCUT2D eigenvalue weighted by Gasteiger charge is 2.15. The summed E-state index contributed by atoms with van der Waals surface area (Å²) in [6.45, 7) is 6.99. The Bertz CT molecular complexity index is 1360. The minimum absolute atomic E-state index is 0.138. The average Bonchev–Trinajstić information content (AvgIpc) is 3.36. The molecule has 0 bridgehead atoms.